The second-order valence-electron chi connectivity index (χ2n) is 4.08. The highest BCUT2D eigenvalue weighted by Gasteiger charge is 2.25. The number of carbonyl (C=O) groups is 1. The molecule has 5 heteroatoms. The van der Waals surface area contributed by atoms with Crippen LogP contribution in [0.1, 0.15) is 19.3 Å². The Labute approximate surface area is 96.5 Å². The van der Waals surface area contributed by atoms with E-state index < -0.39 is 0 Å². The summed E-state index contributed by atoms with van der Waals surface area (Å²) >= 11 is 0. The highest BCUT2D eigenvalue weighted by atomic mass is 35.5. The molecular weight excluding hydrogens is 216 g/mol. The zero-order chi connectivity index (χ0) is 9.80. The van der Waals surface area contributed by atoms with Crippen LogP contribution in [0.25, 0.3) is 0 Å². The lowest BCUT2D eigenvalue weighted by molar-refractivity contribution is -0.125. The van der Waals surface area contributed by atoms with Crippen LogP contribution in [0.5, 0.6) is 0 Å². The van der Waals surface area contributed by atoms with E-state index in [4.69, 9.17) is 4.74 Å². The molecule has 2 heterocycles. The van der Waals surface area contributed by atoms with Gasteiger partial charge in [-0.05, 0) is 25.8 Å². The van der Waals surface area contributed by atoms with Crippen LogP contribution in [0.3, 0.4) is 0 Å². The Morgan fingerprint density at radius 3 is 2.60 bits per heavy atom. The maximum absolute atomic E-state index is 11.7. The molecule has 2 aliphatic heterocycles. The van der Waals surface area contributed by atoms with Crippen LogP contribution in [0.15, 0.2) is 0 Å². The molecule has 0 radical (unpaired) electrons. The van der Waals surface area contributed by atoms with Gasteiger partial charge in [-0.1, -0.05) is 0 Å². The molecule has 1 amide bonds. The Bertz CT molecular complexity index is 202. The fraction of sp³-hybridized carbons (Fsp3) is 0.900. The largest absolute Gasteiger partial charge is 0.381 e. The van der Waals surface area contributed by atoms with Crippen LogP contribution >= 0.6 is 12.4 Å². The van der Waals surface area contributed by atoms with Crippen LogP contribution in [0.4, 0.5) is 0 Å². The molecule has 88 valence electrons. The second kappa shape index (κ2) is 6.30. The monoisotopic (exact) mass is 234 g/mol. The first-order chi connectivity index (χ1) is 6.86. The minimum Gasteiger partial charge on any atom is -0.381 e. The van der Waals surface area contributed by atoms with Gasteiger partial charge >= 0.3 is 0 Å². The Balaban J connectivity index is 0.00000112. The van der Waals surface area contributed by atoms with Gasteiger partial charge in [0.2, 0.25) is 5.91 Å². The number of hydrogen-bond acceptors (Lipinski definition) is 3. The SMILES string of the molecule is Cl.O=C(NC1CCOCC1)[C@H]1CCNC1. The van der Waals surface area contributed by atoms with E-state index in [2.05, 4.69) is 10.6 Å². The fourth-order valence-corrected chi connectivity index (χ4v) is 2.04. The Hall–Kier alpha value is -0.320. The van der Waals surface area contributed by atoms with Gasteiger partial charge in [-0.15, -0.1) is 12.4 Å². The summed E-state index contributed by atoms with van der Waals surface area (Å²) in [7, 11) is 0. The number of ether oxygens (including phenoxy) is 1. The molecular formula is C10H19ClN2O2. The molecule has 0 unspecified atom stereocenters. The Kier molecular flexibility index (Phi) is 5.36. The molecule has 0 aromatic heterocycles. The van der Waals surface area contributed by atoms with E-state index in [-0.39, 0.29) is 24.2 Å². The summed E-state index contributed by atoms with van der Waals surface area (Å²) < 4.78 is 5.24. The molecule has 2 aliphatic rings. The predicted octanol–water partition coefficient (Wildman–Crippen LogP) is 0.313. The van der Waals surface area contributed by atoms with Crippen LogP contribution in [0, 0.1) is 5.92 Å². The third-order valence-corrected chi connectivity index (χ3v) is 3.00. The van der Waals surface area contributed by atoms with Crippen molar-refractivity contribution < 1.29 is 9.53 Å². The van der Waals surface area contributed by atoms with E-state index in [9.17, 15) is 4.79 Å². The summed E-state index contributed by atoms with van der Waals surface area (Å²) in [6, 6.07) is 0.344. The number of rotatable bonds is 2. The van der Waals surface area contributed by atoms with Gasteiger partial charge < -0.3 is 15.4 Å². The van der Waals surface area contributed by atoms with E-state index in [0.717, 1.165) is 45.6 Å². The molecule has 15 heavy (non-hydrogen) atoms. The highest BCUT2D eigenvalue weighted by molar-refractivity contribution is 5.85. The Morgan fingerprint density at radius 2 is 2.00 bits per heavy atom. The summed E-state index contributed by atoms with van der Waals surface area (Å²) in [5, 5.41) is 6.31. The third-order valence-electron chi connectivity index (χ3n) is 3.00. The van der Waals surface area contributed by atoms with Crippen LogP contribution < -0.4 is 10.6 Å². The van der Waals surface area contributed by atoms with E-state index in [1.165, 1.54) is 0 Å². The van der Waals surface area contributed by atoms with E-state index in [0.29, 0.717) is 6.04 Å². The average molecular weight is 235 g/mol. The molecule has 0 aromatic carbocycles. The maximum atomic E-state index is 11.7. The second-order valence-corrected chi connectivity index (χ2v) is 4.08. The van der Waals surface area contributed by atoms with Crippen molar-refractivity contribution in [2.45, 2.75) is 25.3 Å². The van der Waals surface area contributed by atoms with Gasteiger partial charge in [0.05, 0.1) is 5.92 Å². The number of hydrogen-bond donors (Lipinski definition) is 2. The normalized spacial score (nSPS) is 27.1. The first-order valence-corrected chi connectivity index (χ1v) is 5.45. The van der Waals surface area contributed by atoms with Crippen molar-refractivity contribution in [1.29, 1.82) is 0 Å². The summed E-state index contributed by atoms with van der Waals surface area (Å²) in [6.45, 7) is 3.39. The fourth-order valence-electron chi connectivity index (χ4n) is 2.04. The molecule has 2 fully saturated rings. The summed E-state index contributed by atoms with van der Waals surface area (Å²) in [4.78, 5) is 11.7. The topological polar surface area (TPSA) is 50.4 Å². The van der Waals surface area contributed by atoms with E-state index in [1.807, 2.05) is 0 Å². The number of carbonyl (C=O) groups excluding carboxylic acids is 1. The smallest absolute Gasteiger partial charge is 0.224 e. The predicted molar refractivity (Wildman–Crippen MR) is 60.2 cm³/mol. The lowest BCUT2D eigenvalue weighted by Gasteiger charge is -2.24. The maximum Gasteiger partial charge on any atom is 0.224 e. The first-order valence-electron chi connectivity index (χ1n) is 5.45. The molecule has 0 bridgehead atoms. The molecule has 4 nitrogen and oxygen atoms in total. The standard InChI is InChI=1S/C10H18N2O2.ClH/c13-10(8-1-4-11-7-8)12-9-2-5-14-6-3-9;/h8-9,11H,1-7H2,(H,12,13);1H/t8-;/m0./s1. The molecule has 2 saturated heterocycles. The molecule has 0 aromatic rings. The van der Waals surface area contributed by atoms with Gasteiger partial charge in [-0.25, -0.2) is 0 Å². The first kappa shape index (κ1) is 12.7. The number of nitrogens with one attached hydrogen (secondary N) is 2. The number of amides is 1. The van der Waals surface area contributed by atoms with Crippen LogP contribution in [-0.4, -0.2) is 38.3 Å². The van der Waals surface area contributed by atoms with Gasteiger partial charge in [0.1, 0.15) is 0 Å². The number of halogens is 1. The molecule has 0 spiro atoms. The lowest BCUT2D eigenvalue weighted by Crippen LogP contribution is -2.42. The highest BCUT2D eigenvalue weighted by Crippen LogP contribution is 2.11. The third kappa shape index (κ3) is 3.63. The van der Waals surface area contributed by atoms with Crippen molar-refractivity contribution >= 4 is 18.3 Å². The van der Waals surface area contributed by atoms with E-state index in [1.54, 1.807) is 0 Å². The van der Waals surface area contributed by atoms with Gasteiger partial charge in [0.25, 0.3) is 0 Å². The van der Waals surface area contributed by atoms with Crippen molar-refractivity contribution in [2.75, 3.05) is 26.3 Å². The molecule has 0 aliphatic carbocycles. The Morgan fingerprint density at radius 1 is 1.27 bits per heavy atom. The zero-order valence-corrected chi connectivity index (χ0v) is 9.65. The minimum atomic E-state index is 0. The van der Waals surface area contributed by atoms with Gasteiger partial charge in [-0.2, -0.15) is 0 Å². The quantitative estimate of drug-likeness (QED) is 0.723. The minimum absolute atomic E-state index is 0. The molecule has 0 saturated carbocycles. The van der Waals surface area contributed by atoms with Gasteiger partial charge in [-0.3, -0.25) is 4.79 Å². The van der Waals surface area contributed by atoms with Crippen molar-refractivity contribution in [1.82, 2.24) is 10.6 Å². The van der Waals surface area contributed by atoms with E-state index >= 15 is 0 Å². The summed E-state index contributed by atoms with van der Waals surface area (Å²) in [5.74, 6) is 0.416. The van der Waals surface area contributed by atoms with Gasteiger partial charge in [0.15, 0.2) is 0 Å². The molecule has 2 rings (SSSR count). The van der Waals surface area contributed by atoms with Crippen molar-refractivity contribution in [2.24, 2.45) is 5.92 Å². The molecule has 1 atom stereocenters. The van der Waals surface area contributed by atoms with Crippen LogP contribution in [-0.2, 0) is 9.53 Å². The lowest BCUT2D eigenvalue weighted by atomic mass is 10.1. The van der Waals surface area contributed by atoms with Crippen LogP contribution in [0.2, 0.25) is 0 Å². The average Bonchev–Trinajstić information content (AvgIpc) is 2.72. The van der Waals surface area contributed by atoms with Crippen molar-refractivity contribution in [3.05, 3.63) is 0 Å². The summed E-state index contributed by atoms with van der Waals surface area (Å²) in [6.07, 6.45) is 2.91. The van der Waals surface area contributed by atoms with Crippen molar-refractivity contribution in [3.8, 4) is 0 Å². The van der Waals surface area contributed by atoms with Crippen molar-refractivity contribution in [3.63, 3.8) is 0 Å². The summed E-state index contributed by atoms with van der Waals surface area (Å²) in [5.41, 5.74) is 0. The zero-order valence-electron chi connectivity index (χ0n) is 8.83. The molecule has 2 N–H and O–H groups in total. The van der Waals surface area contributed by atoms with Gasteiger partial charge in [0, 0.05) is 25.8 Å².